The van der Waals surface area contributed by atoms with Crippen molar-refractivity contribution in [3.63, 3.8) is 0 Å². The van der Waals surface area contributed by atoms with Gasteiger partial charge in [-0.05, 0) is 36.8 Å². The van der Waals surface area contributed by atoms with E-state index in [9.17, 15) is 0 Å². The minimum Gasteiger partial charge on any atom is -0.493 e. The van der Waals surface area contributed by atoms with E-state index >= 15 is 0 Å². The molecule has 0 spiro atoms. The molecule has 2 heterocycles. The molecule has 0 aliphatic heterocycles. The van der Waals surface area contributed by atoms with E-state index in [4.69, 9.17) is 21.1 Å². The van der Waals surface area contributed by atoms with E-state index in [0.717, 1.165) is 16.9 Å². The lowest BCUT2D eigenvalue weighted by molar-refractivity contribution is 0.284. The van der Waals surface area contributed by atoms with Crippen molar-refractivity contribution < 1.29 is 9.47 Å². The second kappa shape index (κ2) is 5.66. The van der Waals surface area contributed by atoms with Gasteiger partial charge in [-0.3, -0.25) is 0 Å². The van der Waals surface area contributed by atoms with Crippen LogP contribution in [0.25, 0.3) is 5.65 Å². The maximum Gasteiger partial charge on any atom is 0.162 e. The Kier molecular flexibility index (Phi) is 3.71. The summed E-state index contributed by atoms with van der Waals surface area (Å²) >= 11 is 5.94. The highest BCUT2D eigenvalue weighted by atomic mass is 35.5. The van der Waals surface area contributed by atoms with Crippen molar-refractivity contribution in [1.29, 1.82) is 0 Å². The molecule has 0 fully saturated rings. The highest BCUT2D eigenvalue weighted by Crippen LogP contribution is 2.30. The number of hydrogen-bond acceptors (Lipinski definition) is 3. The maximum absolute atomic E-state index is 5.94. The van der Waals surface area contributed by atoms with Crippen LogP contribution >= 0.6 is 11.6 Å². The van der Waals surface area contributed by atoms with Crippen LogP contribution < -0.4 is 9.47 Å². The summed E-state index contributed by atoms with van der Waals surface area (Å²) in [4.78, 5) is 4.31. The fraction of sp³-hybridized carbons (Fsp3) is 0.188. The van der Waals surface area contributed by atoms with Gasteiger partial charge in [0.05, 0.1) is 7.11 Å². The van der Waals surface area contributed by atoms with Crippen molar-refractivity contribution >= 4 is 17.2 Å². The summed E-state index contributed by atoms with van der Waals surface area (Å²) in [7, 11) is 1.60. The van der Waals surface area contributed by atoms with Gasteiger partial charge in [-0.2, -0.15) is 0 Å². The fourth-order valence-corrected chi connectivity index (χ4v) is 2.43. The molecule has 0 unspecified atom stereocenters. The standard InChI is InChI=1S/C16H15ClN2O2/c1-11-7-12(8-16-18-5-6-19(11)16)10-21-14-4-3-13(17)9-15(14)20-2/h3-9H,10H2,1-2H3. The number of halogens is 1. The minimum absolute atomic E-state index is 0.447. The van der Waals surface area contributed by atoms with Crippen LogP contribution in [0.4, 0.5) is 0 Å². The smallest absolute Gasteiger partial charge is 0.162 e. The van der Waals surface area contributed by atoms with Crippen LogP contribution in [0.15, 0.2) is 42.7 Å². The third-order valence-corrected chi connectivity index (χ3v) is 3.51. The Bertz CT molecular complexity index is 783. The second-order valence-electron chi connectivity index (χ2n) is 4.74. The largest absolute Gasteiger partial charge is 0.493 e. The monoisotopic (exact) mass is 302 g/mol. The van der Waals surface area contributed by atoms with Crippen molar-refractivity contribution in [3.05, 3.63) is 59.0 Å². The molecule has 0 bridgehead atoms. The quantitative estimate of drug-likeness (QED) is 0.733. The number of rotatable bonds is 4. The van der Waals surface area contributed by atoms with Crippen LogP contribution in [-0.2, 0) is 6.61 Å². The van der Waals surface area contributed by atoms with Gasteiger partial charge in [0.2, 0.25) is 0 Å². The molecular formula is C16H15ClN2O2. The molecular weight excluding hydrogens is 288 g/mol. The number of methoxy groups -OCH3 is 1. The number of hydrogen-bond donors (Lipinski definition) is 0. The highest BCUT2D eigenvalue weighted by molar-refractivity contribution is 6.30. The Morgan fingerprint density at radius 2 is 2.05 bits per heavy atom. The van der Waals surface area contributed by atoms with E-state index in [1.165, 1.54) is 0 Å². The van der Waals surface area contributed by atoms with Crippen molar-refractivity contribution in [2.45, 2.75) is 13.5 Å². The van der Waals surface area contributed by atoms with E-state index in [1.807, 2.05) is 29.7 Å². The van der Waals surface area contributed by atoms with E-state index in [2.05, 4.69) is 11.1 Å². The van der Waals surface area contributed by atoms with Crippen LogP contribution in [0, 0.1) is 6.92 Å². The number of ether oxygens (including phenoxy) is 2. The van der Waals surface area contributed by atoms with Gasteiger partial charge < -0.3 is 13.9 Å². The van der Waals surface area contributed by atoms with E-state index in [0.29, 0.717) is 23.1 Å². The molecule has 0 aliphatic rings. The Morgan fingerprint density at radius 3 is 2.86 bits per heavy atom. The number of nitrogens with zero attached hydrogens (tertiary/aromatic N) is 2. The molecule has 0 aliphatic carbocycles. The molecule has 108 valence electrons. The van der Waals surface area contributed by atoms with Crippen molar-refractivity contribution in [3.8, 4) is 11.5 Å². The molecule has 2 aromatic heterocycles. The lowest BCUT2D eigenvalue weighted by Crippen LogP contribution is -2.00. The number of imidazole rings is 1. The molecule has 1 aromatic carbocycles. The molecule has 0 N–H and O–H groups in total. The van der Waals surface area contributed by atoms with Crippen molar-refractivity contribution in [2.75, 3.05) is 7.11 Å². The predicted octanol–water partition coefficient (Wildman–Crippen LogP) is 3.88. The normalized spacial score (nSPS) is 10.8. The summed E-state index contributed by atoms with van der Waals surface area (Å²) in [5, 5.41) is 0.619. The average Bonchev–Trinajstić information content (AvgIpc) is 2.94. The Balaban J connectivity index is 1.83. The molecule has 5 heteroatoms. The molecule has 21 heavy (non-hydrogen) atoms. The number of fused-ring (bicyclic) bond motifs is 1. The second-order valence-corrected chi connectivity index (χ2v) is 5.18. The van der Waals surface area contributed by atoms with Gasteiger partial charge >= 0.3 is 0 Å². The zero-order valence-corrected chi connectivity index (χ0v) is 12.6. The molecule has 0 saturated heterocycles. The predicted molar refractivity (Wildman–Crippen MR) is 82.3 cm³/mol. The number of aryl methyl sites for hydroxylation is 1. The van der Waals surface area contributed by atoms with E-state index in [1.54, 1.807) is 25.4 Å². The fourth-order valence-electron chi connectivity index (χ4n) is 2.27. The zero-order valence-electron chi connectivity index (χ0n) is 11.8. The first-order valence-corrected chi connectivity index (χ1v) is 6.94. The zero-order chi connectivity index (χ0) is 14.8. The van der Waals surface area contributed by atoms with Gasteiger partial charge in [0.1, 0.15) is 12.3 Å². The first kappa shape index (κ1) is 13.8. The van der Waals surface area contributed by atoms with E-state index < -0.39 is 0 Å². The van der Waals surface area contributed by atoms with Crippen LogP contribution in [0.5, 0.6) is 11.5 Å². The summed E-state index contributed by atoms with van der Waals surface area (Å²) in [6.45, 7) is 2.49. The molecule has 0 atom stereocenters. The summed E-state index contributed by atoms with van der Waals surface area (Å²) < 4.78 is 13.1. The molecule has 0 saturated carbocycles. The van der Waals surface area contributed by atoms with Crippen LogP contribution in [-0.4, -0.2) is 16.5 Å². The van der Waals surface area contributed by atoms with Gasteiger partial charge in [-0.1, -0.05) is 11.6 Å². The van der Waals surface area contributed by atoms with Gasteiger partial charge in [-0.15, -0.1) is 0 Å². The molecule has 0 radical (unpaired) electrons. The molecule has 0 amide bonds. The van der Waals surface area contributed by atoms with Gasteiger partial charge in [0.15, 0.2) is 11.5 Å². The van der Waals surface area contributed by atoms with Crippen LogP contribution in [0.3, 0.4) is 0 Å². The minimum atomic E-state index is 0.447. The summed E-state index contributed by atoms with van der Waals surface area (Å²) in [6.07, 6.45) is 3.73. The molecule has 4 nitrogen and oxygen atoms in total. The van der Waals surface area contributed by atoms with Gasteiger partial charge in [0, 0.05) is 29.2 Å². The van der Waals surface area contributed by atoms with Crippen LogP contribution in [0.2, 0.25) is 5.02 Å². The number of aromatic nitrogens is 2. The molecule has 3 aromatic rings. The average molecular weight is 303 g/mol. The topological polar surface area (TPSA) is 35.8 Å². The van der Waals surface area contributed by atoms with Crippen molar-refractivity contribution in [2.24, 2.45) is 0 Å². The Hall–Kier alpha value is -2.20. The first-order chi connectivity index (χ1) is 10.2. The van der Waals surface area contributed by atoms with Crippen molar-refractivity contribution in [1.82, 2.24) is 9.38 Å². The molecule has 3 rings (SSSR count). The van der Waals surface area contributed by atoms with E-state index in [-0.39, 0.29) is 0 Å². The lowest BCUT2D eigenvalue weighted by Gasteiger charge is -2.11. The summed E-state index contributed by atoms with van der Waals surface area (Å²) in [5.41, 5.74) is 3.09. The number of benzene rings is 1. The van der Waals surface area contributed by atoms with Gasteiger partial charge in [-0.25, -0.2) is 4.98 Å². The first-order valence-electron chi connectivity index (χ1n) is 6.56. The SMILES string of the molecule is COc1cc(Cl)ccc1OCc1cc(C)n2ccnc2c1. The maximum atomic E-state index is 5.94. The number of pyridine rings is 1. The van der Waals surface area contributed by atoms with Gasteiger partial charge in [0.25, 0.3) is 0 Å². The Labute approximate surface area is 127 Å². The summed E-state index contributed by atoms with van der Waals surface area (Å²) in [6, 6.07) is 9.41. The van der Waals surface area contributed by atoms with Crippen LogP contribution in [0.1, 0.15) is 11.3 Å². The lowest BCUT2D eigenvalue weighted by atomic mass is 10.2. The third-order valence-electron chi connectivity index (χ3n) is 3.28. The highest BCUT2D eigenvalue weighted by Gasteiger charge is 2.07. The summed E-state index contributed by atoms with van der Waals surface area (Å²) in [5.74, 6) is 1.30. The third kappa shape index (κ3) is 2.81. The Morgan fingerprint density at radius 1 is 1.19 bits per heavy atom.